The van der Waals surface area contributed by atoms with Gasteiger partial charge < -0.3 is 14.4 Å². The predicted octanol–water partition coefficient (Wildman–Crippen LogP) is 1.54. The van der Waals surface area contributed by atoms with Crippen LogP contribution in [-0.4, -0.2) is 42.9 Å². The maximum atomic E-state index is 12.5. The fraction of sp³-hybridized carbons (Fsp3) is 0.467. The number of hydrogen-bond donors (Lipinski definition) is 0. The summed E-state index contributed by atoms with van der Waals surface area (Å²) in [5, 5.41) is 8.78. The van der Waals surface area contributed by atoms with Crippen molar-refractivity contribution >= 4 is 5.91 Å². The van der Waals surface area contributed by atoms with E-state index in [-0.39, 0.29) is 5.91 Å². The number of benzene rings is 1. The van der Waals surface area contributed by atoms with Crippen molar-refractivity contribution < 1.29 is 14.3 Å². The molecule has 104 valence electrons. The molecule has 0 aliphatic carbocycles. The molecular formula is C15H16N2O3. The Hall–Kier alpha value is -1.90. The summed E-state index contributed by atoms with van der Waals surface area (Å²) in [4.78, 5) is 14.2. The van der Waals surface area contributed by atoms with Crippen LogP contribution in [0.1, 0.15) is 28.8 Å². The number of hydrogen-bond acceptors (Lipinski definition) is 4. The van der Waals surface area contributed by atoms with Crippen LogP contribution in [0.4, 0.5) is 0 Å². The van der Waals surface area contributed by atoms with Gasteiger partial charge in [0.15, 0.2) is 5.79 Å². The molecule has 0 saturated carbocycles. The number of carbonyl (C=O) groups is 1. The van der Waals surface area contributed by atoms with Crippen LogP contribution in [0.2, 0.25) is 0 Å². The molecule has 1 aromatic rings. The Balaban J connectivity index is 1.74. The molecule has 0 N–H and O–H groups in total. The highest BCUT2D eigenvalue weighted by atomic mass is 16.7. The lowest BCUT2D eigenvalue weighted by Gasteiger charge is -2.38. The molecule has 0 unspecified atom stereocenters. The predicted molar refractivity (Wildman–Crippen MR) is 70.9 cm³/mol. The molecule has 0 bridgehead atoms. The van der Waals surface area contributed by atoms with E-state index in [9.17, 15) is 4.79 Å². The highest BCUT2D eigenvalue weighted by Gasteiger charge is 2.42. The number of amides is 1. The van der Waals surface area contributed by atoms with Gasteiger partial charge in [-0.05, 0) is 30.7 Å². The zero-order chi connectivity index (χ0) is 14.0. The minimum Gasteiger partial charge on any atom is -0.346 e. The number of likely N-dealkylation sites (tertiary alicyclic amines) is 1. The summed E-state index contributed by atoms with van der Waals surface area (Å²) in [6.07, 6.45) is 1.71. The summed E-state index contributed by atoms with van der Waals surface area (Å²) in [7, 11) is 0. The highest BCUT2D eigenvalue weighted by Crippen LogP contribution is 2.30. The Bertz CT molecular complexity index is 541. The van der Waals surface area contributed by atoms with Gasteiger partial charge in [-0.1, -0.05) is 0 Å². The first kappa shape index (κ1) is 13.1. The minimum atomic E-state index is -0.597. The van der Waals surface area contributed by atoms with Crippen molar-refractivity contribution in [2.24, 2.45) is 0 Å². The molecule has 0 atom stereocenters. The molecule has 2 saturated heterocycles. The van der Waals surface area contributed by atoms with E-state index in [4.69, 9.17) is 14.7 Å². The standard InChI is InChI=1S/C15H16N2O3/c16-10-12-2-4-13(5-3-12)14(18)17-7-1-6-15(11-17)19-8-9-20-15/h2-5H,1,6-9,11H2. The van der Waals surface area contributed by atoms with E-state index < -0.39 is 5.79 Å². The third kappa shape index (κ3) is 2.40. The molecule has 2 heterocycles. The molecule has 5 heteroatoms. The first-order valence-electron chi connectivity index (χ1n) is 6.80. The van der Waals surface area contributed by atoms with Crippen LogP contribution in [-0.2, 0) is 9.47 Å². The summed E-state index contributed by atoms with van der Waals surface area (Å²) in [5.41, 5.74) is 1.15. The van der Waals surface area contributed by atoms with E-state index in [1.54, 1.807) is 29.2 Å². The zero-order valence-electron chi connectivity index (χ0n) is 11.2. The third-order valence-corrected chi connectivity index (χ3v) is 3.78. The van der Waals surface area contributed by atoms with E-state index >= 15 is 0 Å². The Morgan fingerprint density at radius 1 is 1.25 bits per heavy atom. The summed E-state index contributed by atoms with van der Waals surface area (Å²) in [5.74, 6) is -0.631. The van der Waals surface area contributed by atoms with Crippen molar-refractivity contribution in [1.82, 2.24) is 4.90 Å². The van der Waals surface area contributed by atoms with Crippen molar-refractivity contribution in [1.29, 1.82) is 5.26 Å². The number of nitriles is 1. The molecule has 1 aromatic carbocycles. The number of piperidine rings is 1. The monoisotopic (exact) mass is 272 g/mol. The smallest absolute Gasteiger partial charge is 0.254 e. The SMILES string of the molecule is N#Cc1ccc(C(=O)N2CCCC3(C2)OCCO3)cc1. The van der Waals surface area contributed by atoms with E-state index in [1.165, 1.54) is 0 Å². The first-order valence-corrected chi connectivity index (χ1v) is 6.80. The van der Waals surface area contributed by atoms with Crippen molar-refractivity contribution in [2.45, 2.75) is 18.6 Å². The van der Waals surface area contributed by atoms with E-state index in [2.05, 4.69) is 0 Å². The van der Waals surface area contributed by atoms with Crippen molar-refractivity contribution in [3.63, 3.8) is 0 Å². The first-order chi connectivity index (χ1) is 9.72. The summed E-state index contributed by atoms with van der Waals surface area (Å²) in [6, 6.07) is 8.76. The Kier molecular flexibility index (Phi) is 3.43. The van der Waals surface area contributed by atoms with Crippen LogP contribution in [0.15, 0.2) is 24.3 Å². The fourth-order valence-electron chi connectivity index (χ4n) is 2.76. The van der Waals surface area contributed by atoms with Crippen LogP contribution >= 0.6 is 0 Å². The van der Waals surface area contributed by atoms with Crippen LogP contribution in [0.5, 0.6) is 0 Å². The van der Waals surface area contributed by atoms with Crippen LogP contribution in [0.25, 0.3) is 0 Å². The van der Waals surface area contributed by atoms with Crippen LogP contribution in [0, 0.1) is 11.3 Å². The topological polar surface area (TPSA) is 62.6 Å². The fourth-order valence-corrected chi connectivity index (χ4v) is 2.76. The Labute approximate surface area is 117 Å². The van der Waals surface area contributed by atoms with Gasteiger partial charge in [0, 0.05) is 18.5 Å². The molecule has 0 aromatic heterocycles. The number of nitrogens with zero attached hydrogens (tertiary/aromatic N) is 2. The molecule has 5 nitrogen and oxygen atoms in total. The van der Waals surface area contributed by atoms with Crippen LogP contribution in [0.3, 0.4) is 0 Å². The molecule has 2 fully saturated rings. The van der Waals surface area contributed by atoms with Crippen LogP contribution < -0.4 is 0 Å². The molecule has 1 amide bonds. The average Bonchev–Trinajstić information content (AvgIpc) is 2.94. The van der Waals surface area contributed by atoms with Gasteiger partial charge in [0.05, 0.1) is 31.4 Å². The van der Waals surface area contributed by atoms with Gasteiger partial charge in [0.1, 0.15) is 0 Å². The van der Waals surface area contributed by atoms with E-state index in [1.807, 2.05) is 6.07 Å². The summed E-state index contributed by atoms with van der Waals surface area (Å²) >= 11 is 0. The number of carbonyl (C=O) groups excluding carboxylic acids is 1. The quantitative estimate of drug-likeness (QED) is 0.778. The minimum absolute atomic E-state index is 0.0346. The molecule has 2 aliphatic heterocycles. The maximum Gasteiger partial charge on any atom is 0.254 e. The van der Waals surface area contributed by atoms with Crippen molar-refractivity contribution in [2.75, 3.05) is 26.3 Å². The number of ether oxygens (including phenoxy) is 2. The normalized spacial score (nSPS) is 20.9. The maximum absolute atomic E-state index is 12.5. The highest BCUT2D eigenvalue weighted by molar-refractivity contribution is 5.94. The van der Waals surface area contributed by atoms with Gasteiger partial charge in [-0.3, -0.25) is 4.79 Å². The summed E-state index contributed by atoms with van der Waals surface area (Å²) < 4.78 is 11.4. The van der Waals surface area contributed by atoms with Gasteiger partial charge in [0.2, 0.25) is 0 Å². The van der Waals surface area contributed by atoms with Gasteiger partial charge in [-0.25, -0.2) is 0 Å². The molecule has 0 radical (unpaired) electrons. The summed E-state index contributed by atoms with van der Waals surface area (Å²) in [6.45, 7) is 2.39. The second kappa shape index (κ2) is 5.23. The molecule has 2 aliphatic rings. The second-order valence-electron chi connectivity index (χ2n) is 5.13. The van der Waals surface area contributed by atoms with Gasteiger partial charge in [0.25, 0.3) is 5.91 Å². The lowest BCUT2D eigenvalue weighted by molar-refractivity contribution is -0.183. The van der Waals surface area contributed by atoms with Gasteiger partial charge >= 0.3 is 0 Å². The molecule has 1 spiro atoms. The van der Waals surface area contributed by atoms with Gasteiger partial charge in [-0.2, -0.15) is 5.26 Å². The Morgan fingerprint density at radius 2 is 1.95 bits per heavy atom. The van der Waals surface area contributed by atoms with E-state index in [0.717, 1.165) is 12.8 Å². The zero-order valence-corrected chi connectivity index (χ0v) is 11.2. The van der Waals surface area contributed by atoms with Crippen molar-refractivity contribution in [3.8, 4) is 6.07 Å². The van der Waals surface area contributed by atoms with Gasteiger partial charge in [-0.15, -0.1) is 0 Å². The molecular weight excluding hydrogens is 256 g/mol. The Morgan fingerprint density at radius 3 is 2.60 bits per heavy atom. The second-order valence-corrected chi connectivity index (χ2v) is 5.13. The van der Waals surface area contributed by atoms with Crippen molar-refractivity contribution in [3.05, 3.63) is 35.4 Å². The lowest BCUT2D eigenvalue weighted by atomic mass is 10.0. The third-order valence-electron chi connectivity index (χ3n) is 3.78. The lowest BCUT2D eigenvalue weighted by Crippen LogP contribution is -2.51. The number of rotatable bonds is 1. The largest absolute Gasteiger partial charge is 0.346 e. The average molecular weight is 272 g/mol. The van der Waals surface area contributed by atoms with E-state index in [0.29, 0.717) is 37.4 Å². The molecule has 3 rings (SSSR count). The molecule has 20 heavy (non-hydrogen) atoms.